The molecule has 1 heterocycles. The molecule has 1 aliphatic rings. The zero-order valence-corrected chi connectivity index (χ0v) is 17.7. The molecule has 2 unspecified atom stereocenters. The summed E-state index contributed by atoms with van der Waals surface area (Å²) in [6.45, 7) is 4.53. The molecule has 1 N–H and O–H groups in total. The third kappa shape index (κ3) is 5.50. The quantitative estimate of drug-likeness (QED) is 0.690. The average molecular weight is 418 g/mol. The number of carbonyl (C=O) groups excluding carboxylic acids is 1. The van der Waals surface area contributed by atoms with Gasteiger partial charge in [0.1, 0.15) is 11.4 Å². The van der Waals surface area contributed by atoms with Crippen LogP contribution in [-0.2, 0) is 26.3 Å². The Kier molecular flexibility index (Phi) is 7.53. The Hall–Kier alpha value is -2.08. The van der Waals surface area contributed by atoms with E-state index in [1.54, 1.807) is 0 Å². The number of nitrogens with one attached hydrogen (secondary N) is 1. The van der Waals surface area contributed by atoms with Crippen LogP contribution in [-0.4, -0.2) is 39.4 Å². The molecule has 2 aromatic carbocycles. The van der Waals surface area contributed by atoms with Crippen molar-refractivity contribution >= 4 is 17.6 Å². The topological polar surface area (TPSA) is 56.8 Å². The van der Waals surface area contributed by atoms with E-state index in [0.717, 1.165) is 31.5 Å². The molecule has 5 nitrogen and oxygen atoms in total. The lowest BCUT2D eigenvalue weighted by atomic mass is 9.78. The van der Waals surface area contributed by atoms with Gasteiger partial charge in [-0.3, -0.25) is 0 Å². The molecular formula is C23H28ClNO4. The predicted octanol–water partition coefficient (Wildman–Crippen LogP) is 3.98. The summed E-state index contributed by atoms with van der Waals surface area (Å²) in [5, 5.41) is 4.25. The molecular weight excluding hydrogens is 390 g/mol. The minimum absolute atomic E-state index is 0.0936. The van der Waals surface area contributed by atoms with Gasteiger partial charge in [-0.1, -0.05) is 42.8 Å². The van der Waals surface area contributed by atoms with Crippen molar-refractivity contribution in [1.82, 2.24) is 5.32 Å². The Bertz CT molecular complexity index is 801. The number of esters is 1. The van der Waals surface area contributed by atoms with Crippen LogP contribution in [0.15, 0.2) is 48.5 Å². The molecule has 156 valence electrons. The summed E-state index contributed by atoms with van der Waals surface area (Å²) in [4.78, 5) is 11.2. The van der Waals surface area contributed by atoms with Gasteiger partial charge < -0.3 is 19.5 Å². The van der Waals surface area contributed by atoms with Crippen LogP contribution in [0.2, 0.25) is 5.02 Å². The standard InChI is InChI=1S/C23H28ClNO4/c1-17(13-18-7-9-21(10-8-18)28-15-22(26)27-2)23(16-25-11-4-12-29-23)19-5-3-6-20(24)14-19/h3,5-10,14,17,25H,4,11-13,15-16H2,1-2H3. The van der Waals surface area contributed by atoms with Crippen LogP contribution in [0.4, 0.5) is 0 Å². The molecule has 0 aliphatic carbocycles. The first-order chi connectivity index (χ1) is 14.0. The maximum atomic E-state index is 11.2. The van der Waals surface area contributed by atoms with Crippen LogP contribution in [0.25, 0.3) is 0 Å². The van der Waals surface area contributed by atoms with Crippen molar-refractivity contribution in [3.8, 4) is 5.75 Å². The van der Waals surface area contributed by atoms with E-state index in [4.69, 9.17) is 21.1 Å². The van der Waals surface area contributed by atoms with Gasteiger partial charge >= 0.3 is 5.97 Å². The molecule has 3 rings (SSSR count). The lowest BCUT2D eigenvalue weighted by molar-refractivity contribution is -0.142. The largest absolute Gasteiger partial charge is 0.482 e. The fourth-order valence-corrected chi connectivity index (χ4v) is 3.95. The first kappa shape index (κ1) is 21.6. The van der Waals surface area contributed by atoms with Crippen molar-refractivity contribution in [2.24, 2.45) is 5.92 Å². The molecule has 29 heavy (non-hydrogen) atoms. The number of carbonyl (C=O) groups is 1. The van der Waals surface area contributed by atoms with Crippen molar-refractivity contribution in [3.63, 3.8) is 0 Å². The molecule has 0 saturated carbocycles. The van der Waals surface area contributed by atoms with Gasteiger partial charge in [-0.25, -0.2) is 4.79 Å². The van der Waals surface area contributed by atoms with Gasteiger partial charge in [-0.2, -0.15) is 0 Å². The van der Waals surface area contributed by atoms with Gasteiger partial charge in [0.05, 0.1) is 7.11 Å². The van der Waals surface area contributed by atoms with Gasteiger partial charge in [-0.15, -0.1) is 0 Å². The minimum atomic E-state index is -0.443. The molecule has 2 aromatic rings. The number of halogens is 1. The summed E-state index contributed by atoms with van der Waals surface area (Å²) < 4.78 is 16.5. The maximum Gasteiger partial charge on any atom is 0.343 e. The van der Waals surface area contributed by atoms with Crippen LogP contribution in [0.3, 0.4) is 0 Å². The summed E-state index contributed by atoms with van der Waals surface area (Å²) in [6.07, 6.45) is 1.83. The molecule has 0 radical (unpaired) electrons. The van der Waals surface area contributed by atoms with E-state index in [9.17, 15) is 4.79 Å². The SMILES string of the molecule is COC(=O)COc1ccc(CC(C)C2(c3cccc(Cl)c3)CNCCCO2)cc1. The zero-order valence-electron chi connectivity index (χ0n) is 16.9. The third-order valence-electron chi connectivity index (χ3n) is 5.40. The molecule has 1 fully saturated rings. The van der Waals surface area contributed by atoms with E-state index in [0.29, 0.717) is 17.4 Å². The fraction of sp³-hybridized carbons (Fsp3) is 0.435. The Morgan fingerprint density at radius 2 is 2.07 bits per heavy atom. The highest BCUT2D eigenvalue weighted by atomic mass is 35.5. The van der Waals surface area contributed by atoms with Crippen LogP contribution < -0.4 is 10.1 Å². The highest BCUT2D eigenvalue weighted by molar-refractivity contribution is 6.30. The monoisotopic (exact) mass is 417 g/mol. The molecule has 1 saturated heterocycles. The van der Waals surface area contributed by atoms with E-state index in [2.05, 4.69) is 23.0 Å². The highest BCUT2D eigenvalue weighted by Gasteiger charge is 2.40. The Morgan fingerprint density at radius 1 is 1.28 bits per heavy atom. The third-order valence-corrected chi connectivity index (χ3v) is 5.64. The maximum absolute atomic E-state index is 11.2. The van der Waals surface area contributed by atoms with Gasteiger partial charge in [0, 0.05) is 18.2 Å². The van der Waals surface area contributed by atoms with Crippen LogP contribution in [0.1, 0.15) is 24.5 Å². The van der Waals surface area contributed by atoms with Crippen LogP contribution in [0.5, 0.6) is 5.75 Å². The number of benzene rings is 2. The van der Waals surface area contributed by atoms with Gasteiger partial charge in [0.2, 0.25) is 0 Å². The summed E-state index contributed by atoms with van der Waals surface area (Å²) in [5.41, 5.74) is 1.84. The van der Waals surface area contributed by atoms with E-state index in [1.807, 2.05) is 42.5 Å². The van der Waals surface area contributed by atoms with E-state index in [1.165, 1.54) is 12.7 Å². The number of methoxy groups -OCH3 is 1. The van der Waals surface area contributed by atoms with Crippen LogP contribution in [0, 0.1) is 5.92 Å². The second-order valence-corrected chi connectivity index (χ2v) is 7.83. The molecule has 0 bridgehead atoms. The molecule has 0 aromatic heterocycles. The van der Waals surface area contributed by atoms with E-state index >= 15 is 0 Å². The lowest BCUT2D eigenvalue weighted by Crippen LogP contribution is -2.45. The summed E-state index contributed by atoms with van der Waals surface area (Å²) in [7, 11) is 1.34. The Labute approximate surface area is 177 Å². The molecule has 2 atom stereocenters. The smallest absolute Gasteiger partial charge is 0.343 e. The molecule has 0 amide bonds. The first-order valence-electron chi connectivity index (χ1n) is 9.93. The van der Waals surface area contributed by atoms with Crippen molar-refractivity contribution < 1.29 is 19.0 Å². The Balaban J connectivity index is 1.76. The normalized spacial score (nSPS) is 20.5. The van der Waals surface area contributed by atoms with Gasteiger partial charge in [0.15, 0.2) is 6.61 Å². The highest BCUT2D eigenvalue weighted by Crippen LogP contribution is 2.37. The lowest BCUT2D eigenvalue weighted by Gasteiger charge is -2.39. The zero-order chi connectivity index (χ0) is 20.7. The predicted molar refractivity (Wildman–Crippen MR) is 113 cm³/mol. The Morgan fingerprint density at radius 3 is 2.79 bits per heavy atom. The van der Waals surface area contributed by atoms with E-state index < -0.39 is 11.6 Å². The number of rotatable bonds is 7. The van der Waals surface area contributed by atoms with Crippen molar-refractivity contribution in [2.75, 3.05) is 33.4 Å². The first-order valence-corrected chi connectivity index (χ1v) is 10.3. The molecule has 1 aliphatic heterocycles. The summed E-state index contributed by atoms with van der Waals surface area (Å²) in [5.74, 6) is 0.460. The second-order valence-electron chi connectivity index (χ2n) is 7.39. The number of hydrogen-bond acceptors (Lipinski definition) is 5. The summed E-state index contributed by atoms with van der Waals surface area (Å²) in [6, 6.07) is 15.8. The second kappa shape index (κ2) is 10.1. The fourth-order valence-electron chi connectivity index (χ4n) is 3.76. The van der Waals surface area contributed by atoms with Crippen molar-refractivity contribution in [1.29, 1.82) is 0 Å². The van der Waals surface area contributed by atoms with E-state index in [-0.39, 0.29) is 12.5 Å². The van der Waals surface area contributed by atoms with Crippen molar-refractivity contribution in [2.45, 2.75) is 25.4 Å². The van der Waals surface area contributed by atoms with Gasteiger partial charge in [0.25, 0.3) is 0 Å². The number of ether oxygens (including phenoxy) is 3. The minimum Gasteiger partial charge on any atom is -0.482 e. The van der Waals surface area contributed by atoms with Crippen LogP contribution >= 0.6 is 11.6 Å². The van der Waals surface area contributed by atoms with Crippen molar-refractivity contribution in [3.05, 3.63) is 64.7 Å². The number of hydrogen-bond donors (Lipinski definition) is 1. The summed E-state index contributed by atoms with van der Waals surface area (Å²) >= 11 is 6.29. The van der Waals surface area contributed by atoms with Gasteiger partial charge in [-0.05, 0) is 60.7 Å². The molecule has 6 heteroatoms. The average Bonchev–Trinajstić information content (AvgIpc) is 3.00. The molecule has 0 spiro atoms.